The number of amides is 1. The highest BCUT2D eigenvalue weighted by Crippen LogP contribution is 2.18. The van der Waals surface area contributed by atoms with Gasteiger partial charge in [0.05, 0.1) is 6.54 Å². The highest BCUT2D eigenvalue weighted by atomic mass is 16.2. The van der Waals surface area contributed by atoms with Crippen LogP contribution in [0.2, 0.25) is 0 Å². The third-order valence-corrected chi connectivity index (χ3v) is 3.93. The van der Waals surface area contributed by atoms with Crippen LogP contribution < -0.4 is 10.6 Å². The van der Waals surface area contributed by atoms with Crippen LogP contribution in [-0.4, -0.2) is 43.5 Å². The summed E-state index contributed by atoms with van der Waals surface area (Å²) in [6, 6.07) is 14.5. The van der Waals surface area contributed by atoms with Crippen molar-refractivity contribution >= 4 is 16.7 Å². The summed E-state index contributed by atoms with van der Waals surface area (Å²) in [5, 5.41) is 8.75. The topological polar surface area (TPSA) is 44.4 Å². The molecule has 0 saturated carbocycles. The number of hydrogen-bond donors (Lipinski definition) is 2. The van der Waals surface area contributed by atoms with E-state index in [4.69, 9.17) is 0 Å². The predicted molar refractivity (Wildman–Crippen MR) is 85.1 cm³/mol. The maximum Gasteiger partial charge on any atom is 0.234 e. The van der Waals surface area contributed by atoms with Gasteiger partial charge in [0.25, 0.3) is 0 Å². The van der Waals surface area contributed by atoms with Crippen LogP contribution >= 0.6 is 0 Å². The molecule has 0 radical (unpaired) electrons. The number of fused-ring (bicyclic) bond motifs is 1. The molecule has 1 heterocycles. The van der Waals surface area contributed by atoms with E-state index in [9.17, 15) is 4.79 Å². The van der Waals surface area contributed by atoms with Crippen LogP contribution in [0.5, 0.6) is 0 Å². The van der Waals surface area contributed by atoms with E-state index in [0.29, 0.717) is 13.1 Å². The van der Waals surface area contributed by atoms with E-state index in [1.54, 1.807) is 0 Å². The summed E-state index contributed by atoms with van der Waals surface area (Å²) < 4.78 is 0. The van der Waals surface area contributed by atoms with E-state index in [-0.39, 0.29) is 5.91 Å². The lowest BCUT2D eigenvalue weighted by Gasteiger charge is -2.26. The Labute approximate surface area is 125 Å². The molecule has 4 nitrogen and oxygen atoms in total. The molecule has 0 bridgehead atoms. The molecule has 21 heavy (non-hydrogen) atoms. The second-order valence-electron chi connectivity index (χ2n) is 5.44. The molecular weight excluding hydrogens is 262 g/mol. The molecule has 4 heteroatoms. The van der Waals surface area contributed by atoms with Gasteiger partial charge in [-0.2, -0.15) is 0 Å². The number of benzene rings is 2. The fourth-order valence-corrected chi connectivity index (χ4v) is 2.77. The Morgan fingerprint density at radius 1 is 1.10 bits per heavy atom. The predicted octanol–water partition coefficient (Wildman–Crippen LogP) is 1.36. The Morgan fingerprint density at radius 3 is 2.71 bits per heavy atom. The molecule has 1 amide bonds. The van der Waals surface area contributed by atoms with Crippen molar-refractivity contribution in [3.8, 4) is 0 Å². The Balaban J connectivity index is 1.59. The zero-order valence-corrected chi connectivity index (χ0v) is 12.1. The van der Waals surface area contributed by atoms with Crippen molar-refractivity contribution in [3.63, 3.8) is 0 Å². The standard InChI is InChI=1S/C17H21N3O/c21-17(13-20-10-8-18-9-11-20)19-12-15-6-3-5-14-4-1-2-7-16(14)15/h1-7,18H,8-13H2,(H,19,21). The third-order valence-electron chi connectivity index (χ3n) is 3.93. The Hall–Kier alpha value is -1.91. The number of nitrogens with zero attached hydrogens (tertiary/aromatic N) is 1. The number of piperazine rings is 1. The van der Waals surface area contributed by atoms with Crippen molar-refractivity contribution in [2.75, 3.05) is 32.7 Å². The number of carbonyl (C=O) groups excluding carboxylic acids is 1. The molecular formula is C17H21N3O. The highest BCUT2D eigenvalue weighted by molar-refractivity contribution is 5.86. The minimum atomic E-state index is 0.102. The molecule has 0 aromatic heterocycles. The molecule has 1 aliphatic heterocycles. The minimum absolute atomic E-state index is 0.102. The first-order chi connectivity index (χ1) is 10.3. The van der Waals surface area contributed by atoms with Gasteiger partial charge >= 0.3 is 0 Å². The first-order valence-corrected chi connectivity index (χ1v) is 7.49. The summed E-state index contributed by atoms with van der Waals surface area (Å²) in [6.45, 7) is 4.91. The van der Waals surface area contributed by atoms with Crippen LogP contribution in [0.1, 0.15) is 5.56 Å². The zero-order chi connectivity index (χ0) is 14.5. The molecule has 0 spiro atoms. The molecule has 1 saturated heterocycles. The first kappa shape index (κ1) is 14.0. The Morgan fingerprint density at radius 2 is 1.86 bits per heavy atom. The molecule has 1 aliphatic rings. The fourth-order valence-electron chi connectivity index (χ4n) is 2.77. The molecule has 2 aromatic carbocycles. The smallest absolute Gasteiger partial charge is 0.234 e. The second-order valence-corrected chi connectivity index (χ2v) is 5.44. The van der Waals surface area contributed by atoms with Crippen LogP contribution in [0.3, 0.4) is 0 Å². The fraction of sp³-hybridized carbons (Fsp3) is 0.353. The van der Waals surface area contributed by atoms with Crippen LogP contribution in [0.4, 0.5) is 0 Å². The van der Waals surface area contributed by atoms with E-state index < -0.39 is 0 Å². The van der Waals surface area contributed by atoms with E-state index in [2.05, 4.69) is 39.8 Å². The largest absolute Gasteiger partial charge is 0.351 e. The summed E-state index contributed by atoms with van der Waals surface area (Å²) in [7, 11) is 0. The van der Waals surface area contributed by atoms with Crippen LogP contribution in [0.15, 0.2) is 42.5 Å². The molecule has 2 N–H and O–H groups in total. The van der Waals surface area contributed by atoms with Crippen LogP contribution in [0.25, 0.3) is 10.8 Å². The van der Waals surface area contributed by atoms with Gasteiger partial charge in [-0.1, -0.05) is 42.5 Å². The summed E-state index contributed by atoms with van der Waals surface area (Å²) >= 11 is 0. The van der Waals surface area contributed by atoms with Crippen molar-refractivity contribution in [1.29, 1.82) is 0 Å². The van der Waals surface area contributed by atoms with Gasteiger partial charge in [-0.3, -0.25) is 9.69 Å². The van der Waals surface area contributed by atoms with Crippen molar-refractivity contribution in [3.05, 3.63) is 48.0 Å². The third kappa shape index (κ3) is 3.60. The van der Waals surface area contributed by atoms with E-state index in [1.807, 2.05) is 18.2 Å². The van der Waals surface area contributed by atoms with Gasteiger partial charge < -0.3 is 10.6 Å². The first-order valence-electron chi connectivity index (χ1n) is 7.49. The molecule has 0 unspecified atom stereocenters. The monoisotopic (exact) mass is 283 g/mol. The molecule has 110 valence electrons. The lowest BCUT2D eigenvalue weighted by Crippen LogP contribution is -2.47. The van der Waals surface area contributed by atoms with Crippen molar-refractivity contribution < 1.29 is 4.79 Å². The number of nitrogens with one attached hydrogen (secondary N) is 2. The van der Waals surface area contributed by atoms with Gasteiger partial charge in [-0.15, -0.1) is 0 Å². The van der Waals surface area contributed by atoms with Gasteiger partial charge in [0.2, 0.25) is 5.91 Å². The van der Waals surface area contributed by atoms with E-state index >= 15 is 0 Å². The summed E-state index contributed by atoms with van der Waals surface area (Å²) in [4.78, 5) is 14.2. The van der Waals surface area contributed by atoms with Crippen molar-refractivity contribution in [2.24, 2.45) is 0 Å². The zero-order valence-electron chi connectivity index (χ0n) is 12.1. The van der Waals surface area contributed by atoms with Gasteiger partial charge in [0.15, 0.2) is 0 Å². The molecule has 3 rings (SSSR count). The maximum absolute atomic E-state index is 12.0. The quantitative estimate of drug-likeness (QED) is 0.890. The Kier molecular flexibility index (Phi) is 4.48. The highest BCUT2D eigenvalue weighted by Gasteiger charge is 2.13. The Bertz CT molecular complexity index is 615. The number of rotatable bonds is 4. The van der Waals surface area contributed by atoms with Crippen LogP contribution in [0, 0.1) is 0 Å². The molecule has 1 fully saturated rings. The second kappa shape index (κ2) is 6.70. The number of hydrogen-bond acceptors (Lipinski definition) is 3. The SMILES string of the molecule is O=C(CN1CCNCC1)NCc1cccc2ccccc12. The van der Waals surface area contributed by atoms with Gasteiger partial charge in [-0.25, -0.2) is 0 Å². The summed E-state index contributed by atoms with van der Waals surface area (Å²) in [5.74, 6) is 0.102. The van der Waals surface area contributed by atoms with Crippen molar-refractivity contribution in [2.45, 2.75) is 6.54 Å². The molecule has 2 aromatic rings. The van der Waals surface area contributed by atoms with Crippen LogP contribution in [-0.2, 0) is 11.3 Å². The van der Waals surface area contributed by atoms with Gasteiger partial charge in [-0.05, 0) is 16.3 Å². The molecule has 0 aliphatic carbocycles. The normalized spacial score (nSPS) is 16.0. The van der Waals surface area contributed by atoms with E-state index in [0.717, 1.165) is 26.2 Å². The van der Waals surface area contributed by atoms with E-state index in [1.165, 1.54) is 16.3 Å². The molecule has 0 atom stereocenters. The average molecular weight is 283 g/mol. The maximum atomic E-state index is 12.0. The van der Waals surface area contributed by atoms with Gasteiger partial charge in [0, 0.05) is 32.7 Å². The lowest BCUT2D eigenvalue weighted by molar-refractivity contribution is -0.122. The lowest BCUT2D eigenvalue weighted by atomic mass is 10.0. The summed E-state index contributed by atoms with van der Waals surface area (Å²) in [5.41, 5.74) is 1.17. The van der Waals surface area contributed by atoms with Crippen molar-refractivity contribution in [1.82, 2.24) is 15.5 Å². The number of carbonyl (C=O) groups is 1. The summed E-state index contributed by atoms with van der Waals surface area (Å²) in [6.07, 6.45) is 0. The average Bonchev–Trinajstić information content (AvgIpc) is 2.54. The minimum Gasteiger partial charge on any atom is -0.351 e. The van der Waals surface area contributed by atoms with Gasteiger partial charge in [0.1, 0.15) is 0 Å².